The molecule has 32 heavy (non-hydrogen) atoms. The molecule has 4 atom stereocenters. The van der Waals surface area contributed by atoms with Gasteiger partial charge in [0.05, 0.1) is 12.5 Å². The number of primary amides is 1. The van der Waals surface area contributed by atoms with Crippen LogP contribution in [0.4, 0.5) is 0 Å². The molecule has 14 heteroatoms. The van der Waals surface area contributed by atoms with E-state index in [0.717, 1.165) is 0 Å². The molecule has 0 rings (SSSR count). The van der Waals surface area contributed by atoms with Gasteiger partial charge in [-0.05, 0) is 18.8 Å². The normalized spacial score (nSPS) is 14.5. The van der Waals surface area contributed by atoms with Gasteiger partial charge in [-0.15, -0.1) is 0 Å². The molecule has 0 fully saturated rings. The molecule has 0 bridgehead atoms. The van der Waals surface area contributed by atoms with Crippen molar-refractivity contribution < 1.29 is 39.0 Å². The summed E-state index contributed by atoms with van der Waals surface area (Å²) in [5.74, 6) is -6.31. The fraction of sp³-hybridized carbons (Fsp3) is 0.667. The van der Waals surface area contributed by atoms with Crippen molar-refractivity contribution in [3.05, 3.63) is 0 Å². The number of carbonyl (C=O) groups is 6. The third-order valence-corrected chi connectivity index (χ3v) is 4.54. The second-order valence-electron chi connectivity index (χ2n) is 7.54. The maximum Gasteiger partial charge on any atom is 0.326 e. The van der Waals surface area contributed by atoms with Crippen LogP contribution in [0.2, 0.25) is 0 Å². The van der Waals surface area contributed by atoms with Crippen LogP contribution in [0.15, 0.2) is 0 Å². The van der Waals surface area contributed by atoms with Crippen LogP contribution in [0.1, 0.15) is 39.5 Å². The quantitative estimate of drug-likeness (QED) is 0.117. The molecule has 0 aliphatic heterocycles. The third kappa shape index (κ3) is 11.5. The summed E-state index contributed by atoms with van der Waals surface area (Å²) in [5, 5.41) is 24.5. The molecular weight excluding hydrogens is 446 g/mol. The summed E-state index contributed by atoms with van der Waals surface area (Å²) in [7, 11) is 0. The zero-order valence-corrected chi connectivity index (χ0v) is 18.8. The van der Waals surface area contributed by atoms with Gasteiger partial charge in [0.15, 0.2) is 0 Å². The van der Waals surface area contributed by atoms with Crippen molar-refractivity contribution in [3.63, 3.8) is 0 Å². The highest BCUT2D eigenvalue weighted by Crippen LogP contribution is 2.05. The van der Waals surface area contributed by atoms with Crippen molar-refractivity contribution in [1.82, 2.24) is 16.0 Å². The van der Waals surface area contributed by atoms with Crippen LogP contribution >= 0.6 is 12.6 Å². The second-order valence-corrected chi connectivity index (χ2v) is 7.91. The molecule has 0 spiro atoms. The molecule has 9 N–H and O–H groups in total. The number of nitrogens with two attached hydrogens (primary N) is 2. The predicted octanol–water partition coefficient (Wildman–Crippen LogP) is -2.43. The first-order valence-corrected chi connectivity index (χ1v) is 10.4. The molecule has 0 aromatic rings. The van der Waals surface area contributed by atoms with E-state index >= 15 is 0 Å². The van der Waals surface area contributed by atoms with E-state index in [9.17, 15) is 28.8 Å². The minimum absolute atomic E-state index is 0.0970. The van der Waals surface area contributed by atoms with Crippen molar-refractivity contribution in [2.75, 3.05) is 5.75 Å². The van der Waals surface area contributed by atoms with Crippen LogP contribution in [-0.4, -0.2) is 75.7 Å². The SMILES string of the molecule is CC(C)CC(N)C(=O)NC(CC(N)=O)C(=O)NC(CS)C(=O)NC(CCC(=O)O)C(=O)O. The van der Waals surface area contributed by atoms with E-state index in [4.69, 9.17) is 21.7 Å². The Morgan fingerprint density at radius 2 is 1.38 bits per heavy atom. The zero-order valence-electron chi connectivity index (χ0n) is 17.9. The number of rotatable bonds is 15. The van der Waals surface area contributed by atoms with Crippen LogP contribution in [0.5, 0.6) is 0 Å². The summed E-state index contributed by atoms with van der Waals surface area (Å²) >= 11 is 3.95. The summed E-state index contributed by atoms with van der Waals surface area (Å²) in [4.78, 5) is 70.4. The van der Waals surface area contributed by atoms with Crippen LogP contribution in [-0.2, 0) is 28.8 Å². The highest BCUT2D eigenvalue weighted by Gasteiger charge is 2.30. The number of carbonyl (C=O) groups excluding carboxylic acids is 4. The minimum Gasteiger partial charge on any atom is -0.481 e. The van der Waals surface area contributed by atoms with Gasteiger partial charge in [-0.25, -0.2) is 4.79 Å². The number of aliphatic carboxylic acids is 2. The van der Waals surface area contributed by atoms with Gasteiger partial charge in [0.25, 0.3) is 0 Å². The van der Waals surface area contributed by atoms with E-state index in [2.05, 4.69) is 28.6 Å². The number of hydrogen-bond donors (Lipinski definition) is 8. The summed E-state index contributed by atoms with van der Waals surface area (Å²) in [6, 6.07) is -5.20. The first kappa shape index (κ1) is 29.1. The third-order valence-electron chi connectivity index (χ3n) is 4.18. The maximum absolute atomic E-state index is 12.6. The number of amides is 4. The maximum atomic E-state index is 12.6. The van der Waals surface area contributed by atoms with Gasteiger partial charge in [-0.2, -0.15) is 12.6 Å². The van der Waals surface area contributed by atoms with E-state index in [-0.39, 0.29) is 18.1 Å². The molecule has 0 saturated heterocycles. The van der Waals surface area contributed by atoms with E-state index in [1.165, 1.54) is 0 Å². The number of thiol groups is 1. The standard InChI is InChI=1S/C18H31N5O8S/c1-8(2)5-9(19)15(27)22-11(6-13(20)24)16(28)23-12(7-32)17(29)21-10(18(30)31)3-4-14(25)26/h8-12,32H,3-7,19H2,1-2H3,(H2,20,24)(H,21,29)(H,22,27)(H,23,28)(H,25,26)(H,30,31). The van der Waals surface area contributed by atoms with Gasteiger partial charge in [0, 0.05) is 12.2 Å². The minimum atomic E-state index is -1.51. The number of hydrogen-bond acceptors (Lipinski definition) is 8. The van der Waals surface area contributed by atoms with Crippen molar-refractivity contribution in [2.24, 2.45) is 17.4 Å². The van der Waals surface area contributed by atoms with Crippen LogP contribution < -0.4 is 27.4 Å². The Morgan fingerprint density at radius 1 is 0.875 bits per heavy atom. The van der Waals surface area contributed by atoms with Crippen LogP contribution in [0.25, 0.3) is 0 Å². The summed E-state index contributed by atoms with van der Waals surface area (Å²) in [6.45, 7) is 3.69. The number of nitrogens with one attached hydrogen (secondary N) is 3. The van der Waals surface area contributed by atoms with Crippen LogP contribution in [0.3, 0.4) is 0 Å². The lowest BCUT2D eigenvalue weighted by atomic mass is 10.0. The molecule has 0 saturated carbocycles. The molecular formula is C18H31N5O8S. The molecule has 0 aromatic heterocycles. The molecule has 0 aliphatic rings. The average Bonchev–Trinajstić information content (AvgIpc) is 2.66. The van der Waals surface area contributed by atoms with Crippen LogP contribution in [0, 0.1) is 5.92 Å². The molecule has 4 amide bonds. The lowest BCUT2D eigenvalue weighted by Crippen LogP contribution is -2.58. The summed E-state index contributed by atoms with van der Waals surface area (Å²) in [5.41, 5.74) is 10.9. The Morgan fingerprint density at radius 3 is 1.81 bits per heavy atom. The first-order chi connectivity index (χ1) is 14.8. The van der Waals surface area contributed by atoms with Gasteiger partial charge in [-0.1, -0.05) is 13.8 Å². The molecule has 13 nitrogen and oxygen atoms in total. The van der Waals surface area contributed by atoms with E-state index in [1.54, 1.807) is 0 Å². The molecule has 0 aromatic carbocycles. The topological polar surface area (TPSA) is 231 Å². The van der Waals surface area contributed by atoms with Gasteiger partial charge in [0.2, 0.25) is 23.6 Å². The van der Waals surface area contributed by atoms with Gasteiger partial charge >= 0.3 is 11.9 Å². The van der Waals surface area contributed by atoms with Gasteiger partial charge in [-0.3, -0.25) is 24.0 Å². The number of carboxylic acid groups (broad SMARTS) is 2. The Hall–Kier alpha value is -2.87. The predicted molar refractivity (Wildman–Crippen MR) is 115 cm³/mol. The molecule has 0 heterocycles. The van der Waals surface area contributed by atoms with Gasteiger partial charge < -0.3 is 37.6 Å². The smallest absolute Gasteiger partial charge is 0.326 e. The monoisotopic (exact) mass is 477 g/mol. The molecule has 4 unspecified atom stereocenters. The Balaban J connectivity index is 5.25. The lowest BCUT2D eigenvalue weighted by Gasteiger charge is -2.24. The average molecular weight is 478 g/mol. The second kappa shape index (κ2) is 14.2. The van der Waals surface area contributed by atoms with Gasteiger partial charge in [0.1, 0.15) is 18.1 Å². The van der Waals surface area contributed by atoms with E-state index in [0.29, 0.717) is 6.42 Å². The molecule has 0 radical (unpaired) electrons. The van der Waals surface area contributed by atoms with Crippen molar-refractivity contribution in [3.8, 4) is 0 Å². The summed E-state index contributed by atoms with van der Waals surface area (Å²) < 4.78 is 0. The Kier molecular flexibility index (Phi) is 13.0. The van der Waals surface area contributed by atoms with E-state index in [1.807, 2.05) is 13.8 Å². The fourth-order valence-electron chi connectivity index (χ4n) is 2.57. The fourth-order valence-corrected chi connectivity index (χ4v) is 2.83. The first-order valence-electron chi connectivity index (χ1n) is 9.78. The largest absolute Gasteiger partial charge is 0.481 e. The van der Waals surface area contributed by atoms with Crippen molar-refractivity contribution >= 4 is 48.2 Å². The Labute approximate surface area is 190 Å². The van der Waals surface area contributed by atoms with Crippen molar-refractivity contribution in [2.45, 2.75) is 63.7 Å². The Bertz CT molecular complexity index is 717. The highest BCUT2D eigenvalue weighted by atomic mass is 32.1. The lowest BCUT2D eigenvalue weighted by molar-refractivity contribution is -0.143. The highest BCUT2D eigenvalue weighted by molar-refractivity contribution is 7.80. The zero-order chi connectivity index (χ0) is 25.0. The van der Waals surface area contributed by atoms with Crippen molar-refractivity contribution in [1.29, 1.82) is 0 Å². The molecule has 0 aliphatic carbocycles. The molecule has 182 valence electrons. The number of carboxylic acids is 2. The van der Waals surface area contributed by atoms with E-state index < -0.39 is 72.6 Å². The summed E-state index contributed by atoms with van der Waals surface area (Å²) in [6.07, 6.45) is -1.12.